The molecule has 1 amide bonds. The van der Waals surface area contributed by atoms with Crippen molar-refractivity contribution >= 4 is 28.3 Å². The standard InChI is InChI=1S/C26H26N4O.C2HF3O2/c31-25(29-26-13-16-9-17(14-26)11-18(10-16)15-26)23-22-3-1-2-8-30(22)24(28-23)20-4-5-21-19(12-20)6-7-27-21;3-2(4,5)1(6)7/h1-8,12,16-18,27H,9-11,13-15H2,(H,29,31);(H,6,7). The van der Waals surface area contributed by atoms with Crippen LogP contribution in [0.1, 0.15) is 49.0 Å². The Labute approximate surface area is 216 Å². The minimum atomic E-state index is -5.08. The summed E-state index contributed by atoms with van der Waals surface area (Å²) in [7, 11) is 0. The third kappa shape index (κ3) is 4.41. The number of rotatable bonds is 3. The molecular formula is C28H27F3N4O3. The van der Waals surface area contributed by atoms with Gasteiger partial charge in [-0.1, -0.05) is 6.07 Å². The molecule has 0 saturated heterocycles. The molecule has 7 nitrogen and oxygen atoms in total. The molecule has 10 heteroatoms. The molecular weight excluding hydrogens is 497 g/mol. The van der Waals surface area contributed by atoms with Gasteiger partial charge in [0.1, 0.15) is 5.82 Å². The molecule has 4 aromatic rings. The van der Waals surface area contributed by atoms with Crippen LogP contribution in [0.2, 0.25) is 0 Å². The maximum atomic E-state index is 13.6. The summed E-state index contributed by atoms with van der Waals surface area (Å²) in [6.45, 7) is 0. The summed E-state index contributed by atoms with van der Waals surface area (Å²) in [5, 5.41) is 11.8. The van der Waals surface area contributed by atoms with Crippen molar-refractivity contribution < 1.29 is 27.9 Å². The van der Waals surface area contributed by atoms with Gasteiger partial charge in [-0.2, -0.15) is 13.2 Å². The molecule has 0 aliphatic heterocycles. The fraction of sp³-hybridized carbons (Fsp3) is 0.393. The number of benzene rings is 1. The van der Waals surface area contributed by atoms with Crippen LogP contribution in [0, 0.1) is 17.8 Å². The lowest BCUT2D eigenvalue weighted by Crippen LogP contribution is -2.59. The Morgan fingerprint density at radius 3 is 2.32 bits per heavy atom. The number of alkyl halides is 3. The van der Waals surface area contributed by atoms with E-state index in [1.807, 2.05) is 35.0 Å². The third-order valence-corrected chi connectivity index (χ3v) is 8.23. The van der Waals surface area contributed by atoms with Gasteiger partial charge >= 0.3 is 12.1 Å². The van der Waals surface area contributed by atoms with Gasteiger partial charge in [0.25, 0.3) is 5.91 Å². The van der Waals surface area contributed by atoms with Gasteiger partial charge in [0, 0.05) is 34.4 Å². The van der Waals surface area contributed by atoms with Gasteiger partial charge in [-0.15, -0.1) is 0 Å². The number of amides is 1. The zero-order valence-corrected chi connectivity index (χ0v) is 20.5. The molecule has 4 saturated carbocycles. The molecule has 0 unspecified atom stereocenters. The van der Waals surface area contributed by atoms with E-state index in [-0.39, 0.29) is 11.4 Å². The van der Waals surface area contributed by atoms with Crippen molar-refractivity contribution in [2.45, 2.75) is 50.2 Å². The zero-order chi connectivity index (χ0) is 26.7. The van der Waals surface area contributed by atoms with Crippen molar-refractivity contribution in [2.24, 2.45) is 17.8 Å². The summed E-state index contributed by atoms with van der Waals surface area (Å²) < 4.78 is 33.8. The highest BCUT2D eigenvalue weighted by Gasteiger charge is 2.51. The highest BCUT2D eigenvalue weighted by Crippen LogP contribution is 2.55. The number of H-pyrrole nitrogens is 1. The van der Waals surface area contributed by atoms with Crippen LogP contribution in [-0.2, 0) is 4.79 Å². The molecule has 8 rings (SSSR count). The molecule has 3 heterocycles. The second kappa shape index (κ2) is 8.89. The van der Waals surface area contributed by atoms with Gasteiger partial charge in [0.2, 0.25) is 0 Å². The Balaban J connectivity index is 0.000000337. The first-order valence-electron chi connectivity index (χ1n) is 12.8. The topological polar surface area (TPSA) is 99.5 Å². The van der Waals surface area contributed by atoms with E-state index in [2.05, 4.69) is 34.6 Å². The second-order valence-electron chi connectivity index (χ2n) is 11.0. The Bertz CT molecular complexity index is 1500. The highest BCUT2D eigenvalue weighted by molar-refractivity contribution is 6.00. The first-order valence-corrected chi connectivity index (χ1v) is 12.8. The number of imidazole rings is 1. The molecule has 0 atom stereocenters. The third-order valence-electron chi connectivity index (χ3n) is 8.23. The van der Waals surface area contributed by atoms with Crippen molar-refractivity contribution in [3.63, 3.8) is 0 Å². The minimum Gasteiger partial charge on any atom is -0.475 e. The number of halogens is 3. The van der Waals surface area contributed by atoms with Gasteiger partial charge in [-0.3, -0.25) is 9.20 Å². The maximum absolute atomic E-state index is 13.6. The normalized spacial score (nSPS) is 25.8. The summed E-state index contributed by atoms with van der Waals surface area (Å²) in [6, 6.07) is 14.3. The molecule has 3 aromatic heterocycles. The van der Waals surface area contributed by atoms with Crippen LogP contribution < -0.4 is 5.32 Å². The number of fused-ring (bicyclic) bond motifs is 2. The van der Waals surface area contributed by atoms with Crippen LogP contribution in [0.5, 0.6) is 0 Å². The Kier molecular flexibility index (Phi) is 5.73. The summed E-state index contributed by atoms with van der Waals surface area (Å²) in [4.78, 5) is 30.6. The van der Waals surface area contributed by atoms with E-state index in [9.17, 15) is 18.0 Å². The molecule has 3 N–H and O–H groups in total. The lowest BCUT2D eigenvalue weighted by atomic mass is 9.53. The SMILES string of the molecule is O=C(NC12CC3CC(CC(C3)C1)C2)c1nc(-c2ccc3[nH]ccc3c2)n2ccccc12.O=C(O)C(F)(F)F. The number of aromatic amines is 1. The molecule has 4 aliphatic rings. The predicted octanol–water partition coefficient (Wildman–Crippen LogP) is 5.81. The number of nitrogens with one attached hydrogen (secondary N) is 2. The van der Waals surface area contributed by atoms with E-state index >= 15 is 0 Å². The molecule has 0 radical (unpaired) electrons. The lowest BCUT2D eigenvalue weighted by Gasteiger charge is -2.56. The van der Waals surface area contributed by atoms with Crippen molar-refractivity contribution in [3.8, 4) is 11.4 Å². The van der Waals surface area contributed by atoms with Gasteiger partial charge in [0.15, 0.2) is 5.69 Å². The molecule has 0 spiro atoms. The summed E-state index contributed by atoms with van der Waals surface area (Å²) in [5.41, 5.74) is 3.52. The van der Waals surface area contributed by atoms with Gasteiger partial charge in [0.05, 0.1) is 5.52 Å². The Morgan fingerprint density at radius 2 is 1.68 bits per heavy atom. The van der Waals surface area contributed by atoms with E-state index in [0.717, 1.165) is 64.8 Å². The van der Waals surface area contributed by atoms with Crippen molar-refractivity contribution in [3.05, 3.63) is 60.6 Å². The molecule has 4 aliphatic carbocycles. The smallest absolute Gasteiger partial charge is 0.475 e. The number of pyridine rings is 1. The molecule has 38 heavy (non-hydrogen) atoms. The number of carboxylic acids is 1. The number of hydrogen-bond donors (Lipinski definition) is 3. The van der Waals surface area contributed by atoms with Crippen molar-refractivity contribution in [1.82, 2.24) is 19.7 Å². The fourth-order valence-electron chi connectivity index (χ4n) is 7.16. The van der Waals surface area contributed by atoms with Gasteiger partial charge in [-0.05, 0) is 92.7 Å². The van der Waals surface area contributed by atoms with E-state index < -0.39 is 12.1 Å². The van der Waals surface area contributed by atoms with Crippen molar-refractivity contribution in [2.75, 3.05) is 0 Å². The van der Waals surface area contributed by atoms with Gasteiger partial charge < -0.3 is 15.4 Å². The van der Waals surface area contributed by atoms with Crippen LogP contribution >= 0.6 is 0 Å². The monoisotopic (exact) mass is 524 g/mol. The summed E-state index contributed by atoms with van der Waals surface area (Å²) in [5.74, 6) is 0.443. The van der Waals surface area contributed by atoms with Crippen LogP contribution in [0.15, 0.2) is 54.9 Å². The summed E-state index contributed by atoms with van der Waals surface area (Å²) >= 11 is 0. The number of aliphatic carboxylic acids is 1. The first kappa shape index (κ1) is 24.5. The van der Waals surface area contributed by atoms with E-state index in [1.165, 1.54) is 19.3 Å². The van der Waals surface area contributed by atoms with Gasteiger partial charge in [-0.25, -0.2) is 9.78 Å². The number of carbonyl (C=O) groups excluding carboxylic acids is 1. The number of carboxylic acid groups (broad SMARTS) is 1. The fourth-order valence-corrected chi connectivity index (χ4v) is 7.16. The molecule has 4 fully saturated rings. The average Bonchev–Trinajstić information content (AvgIpc) is 3.47. The van der Waals surface area contributed by atoms with Crippen LogP contribution in [0.3, 0.4) is 0 Å². The largest absolute Gasteiger partial charge is 0.490 e. The Morgan fingerprint density at radius 1 is 1.03 bits per heavy atom. The molecule has 4 bridgehead atoms. The number of aromatic nitrogens is 3. The van der Waals surface area contributed by atoms with Crippen LogP contribution in [0.25, 0.3) is 27.8 Å². The first-order chi connectivity index (χ1) is 18.1. The maximum Gasteiger partial charge on any atom is 0.490 e. The van der Waals surface area contributed by atoms with Crippen molar-refractivity contribution in [1.29, 1.82) is 0 Å². The lowest BCUT2D eigenvalue weighted by molar-refractivity contribution is -0.192. The molecule has 1 aromatic carbocycles. The second-order valence-corrected chi connectivity index (χ2v) is 11.0. The van der Waals surface area contributed by atoms with E-state index in [4.69, 9.17) is 14.9 Å². The zero-order valence-electron chi connectivity index (χ0n) is 20.5. The van der Waals surface area contributed by atoms with Crippen LogP contribution in [-0.4, -0.2) is 43.1 Å². The average molecular weight is 525 g/mol. The van der Waals surface area contributed by atoms with E-state index in [0.29, 0.717) is 5.69 Å². The number of carbonyl (C=O) groups is 2. The number of hydrogen-bond acceptors (Lipinski definition) is 3. The summed E-state index contributed by atoms with van der Waals surface area (Å²) in [6.07, 6.45) is 6.41. The predicted molar refractivity (Wildman–Crippen MR) is 135 cm³/mol. The van der Waals surface area contributed by atoms with Crippen LogP contribution in [0.4, 0.5) is 13.2 Å². The minimum absolute atomic E-state index is 0.0131. The Hall–Kier alpha value is -3.82. The number of nitrogens with zero attached hydrogens (tertiary/aromatic N) is 2. The highest BCUT2D eigenvalue weighted by atomic mass is 19.4. The molecule has 198 valence electrons. The van der Waals surface area contributed by atoms with E-state index in [1.54, 1.807) is 0 Å². The quantitative estimate of drug-likeness (QED) is 0.315.